The van der Waals surface area contributed by atoms with Crippen molar-refractivity contribution in [1.82, 2.24) is 13.7 Å². The molecular formula is C60H39N3. The van der Waals surface area contributed by atoms with Gasteiger partial charge in [0.15, 0.2) is 0 Å². The average molecular weight is 802 g/mol. The van der Waals surface area contributed by atoms with Gasteiger partial charge in [-0.3, -0.25) is 0 Å². The summed E-state index contributed by atoms with van der Waals surface area (Å²) < 4.78 is 7.38. The second-order valence-electron chi connectivity index (χ2n) is 16.5. The topological polar surface area (TPSA) is 14.8 Å². The molecule has 13 aromatic rings. The summed E-state index contributed by atoms with van der Waals surface area (Å²) >= 11 is 0. The fraction of sp³-hybridized carbons (Fsp3) is 0. The molecule has 0 atom stereocenters. The smallest absolute Gasteiger partial charge is 0.0562 e. The van der Waals surface area contributed by atoms with Crippen molar-refractivity contribution in [3.05, 3.63) is 237 Å². The molecule has 0 saturated carbocycles. The molecule has 13 rings (SSSR count). The van der Waals surface area contributed by atoms with Crippen molar-refractivity contribution in [2.24, 2.45) is 0 Å². The van der Waals surface area contributed by atoms with Crippen LogP contribution in [0.5, 0.6) is 0 Å². The van der Waals surface area contributed by atoms with E-state index in [1.807, 2.05) is 0 Å². The van der Waals surface area contributed by atoms with Crippen molar-refractivity contribution >= 4 is 65.4 Å². The maximum atomic E-state index is 2.49. The Hall–Kier alpha value is -8.40. The van der Waals surface area contributed by atoms with Crippen LogP contribution in [0.1, 0.15) is 0 Å². The van der Waals surface area contributed by atoms with Gasteiger partial charge in [-0.05, 0) is 106 Å². The highest BCUT2D eigenvalue weighted by atomic mass is 15.0. The number of rotatable bonds is 6. The van der Waals surface area contributed by atoms with Crippen LogP contribution < -0.4 is 0 Å². The van der Waals surface area contributed by atoms with Gasteiger partial charge in [0, 0.05) is 43.7 Å². The summed E-state index contributed by atoms with van der Waals surface area (Å²) in [6, 6.07) is 86.5. The van der Waals surface area contributed by atoms with E-state index in [2.05, 4.69) is 250 Å². The Bertz CT molecular complexity index is 3850. The summed E-state index contributed by atoms with van der Waals surface area (Å²) in [4.78, 5) is 0. The van der Waals surface area contributed by atoms with Crippen LogP contribution in [-0.2, 0) is 0 Å². The molecule has 0 amide bonds. The highest BCUT2D eigenvalue weighted by Crippen LogP contribution is 2.43. The molecule has 0 aliphatic carbocycles. The van der Waals surface area contributed by atoms with Crippen molar-refractivity contribution < 1.29 is 0 Å². The molecule has 0 N–H and O–H groups in total. The average Bonchev–Trinajstić information content (AvgIpc) is 4.00. The van der Waals surface area contributed by atoms with Crippen LogP contribution in [0.2, 0.25) is 0 Å². The van der Waals surface area contributed by atoms with Crippen molar-refractivity contribution in [2.75, 3.05) is 0 Å². The van der Waals surface area contributed by atoms with Crippen LogP contribution >= 0.6 is 0 Å². The molecule has 0 aliphatic rings. The second kappa shape index (κ2) is 14.1. The van der Waals surface area contributed by atoms with Crippen LogP contribution in [0.4, 0.5) is 0 Å². The number of fused-ring (bicyclic) bond motifs is 9. The zero-order chi connectivity index (χ0) is 41.4. The van der Waals surface area contributed by atoms with Gasteiger partial charge in [-0.2, -0.15) is 0 Å². The van der Waals surface area contributed by atoms with Gasteiger partial charge in [0.25, 0.3) is 0 Å². The third-order valence-electron chi connectivity index (χ3n) is 13.0. The van der Waals surface area contributed by atoms with Crippen molar-refractivity contribution in [3.8, 4) is 50.4 Å². The summed E-state index contributed by atoms with van der Waals surface area (Å²) in [7, 11) is 0. The molecule has 0 spiro atoms. The van der Waals surface area contributed by atoms with Gasteiger partial charge in [-0.15, -0.1) is 0 Å². The fourth-order valence-corrected chi connectivity index (χ4v) is 10.3. The first-order valence-electron chi connectivity index (χ1n) is 21.7. The minimum Gasteiger partial charge on any atom is -0.309 e. The standard InChI is InChI=1S/C60H39N3/c1-3-18-40(19-4-1)42-36-43(47-23-8-7-22-46(47)41-20-5-2-6-21-41)38-45(37-42)62-56-31-16-12-27-51(56)60-58(62)32-17-33-59(60)63-55-30-15-11-26-50(55)52-39-44(34-35-57(52)63)61-53-28-13-9-24-48(53)49-25-10-14-29-54(49)61/h1-39H. The zero-order valence-electron chi connectivity index (χ0n) is 34.4. The number of aromatic nitrogens is 3. The van der Waals surface area contributed by atoms with E-state index < -0.39 is 0 Å². The molecule has 0 saturated heterocycles. The van der Waals surface area contributed by atoms with Gasteiger partial charge in [-0.1, -0.05) is 164 Å². The lowest BCUT2D eigenvalue weighted by molar-refractivity contribution is 1.16. The molecule has 3 heterocycles. The lowest BCUT2D eigenvalue weighted by Gasteiger charge is -2.16. The highest BCUT2D eigenvalue weighted by Gasteiger charge is 2.22. The molecule has 3 heteroatoms. The van der Waals surface area contributed by atoms with E-state index in [-0.39, 0.29) is 0 Å². The predicted octanol–water partition coefficient (Wildman–Crippen LogP) is 16.0. The number of para-hydroxylation sites is 4. The molecule has 3 aromatic heterocycles. The summed E-state index contributed by atoms with van der Waals surface area (Å²) in [5.74, 6) is 0. The van der Waals surface area contributed by atoms with Gasteiger partial charge < -0.3 is 13.7 Å². The Morgan fingerprint density at radius 3 is 1.35 bits per heavy atom. The van der Waals surface area contributed by atoms with Gasteiger partial charge in [0.2, 0.25) is 0 Å². The predicted molar refractivity (Wildman–Crippen MR) is 266 cm³/mol. The maximum Gasteiger partial charge on any atom is 0.0562 e. The van der Waals surface area contributed by atoms with Crippen molar-refractivity contribution in [1.29, 1.82) is 0 Å². The summed E-state index contributed by atoms with van der Waals surface area (Å²) in [5.41, 5.74) is 17.7. The zero-order valence-corrected chi connectivity index (χ0v) is 34.4. The Balaban J connectivity index is 1.06. The number of nitrogens with zero attached hydrogens (tertiary/aromatic N) is 3. The van der Waals surface area contributed by atoms with Crippen LogP contribution in [0.15, 0.2) is 237 Å². The van der Waals surface area contributed by atoms with Crippen molar-refractivity contribution in [3.63, 3.8) is 0 Å². The first-order chi connectivity index (χ1) is 31.3. The van der Waals surface area contributed by atoms with E-state index in [4.69, 9.17) is 0 Å². The van der Waals surface area contributed by atoms with Crippen LogP contribution in [-0.4, -0.2) is 13.7 Å². The molecule has 294 valence electrons. The molecule has 63 heavy (non-hydrogen) atoms. The first-order valence-corrected chi connectivity index (χ1v) is 21.7. The van der Waals surface area contributed by atoms with Gasteiger partial charge in [-0.25, -0.2) is 0 Å². The molecule has 0 fully saturated rings. The van der Waals surface area contributed by atoms with Gasteiger partial charge in [0.1, 0.15) is 0 Å². The summed E-state index contributed by atoms with van der Waals surface area (Å²) in [6.45, 7) is 0. The molecule has 0 unspecified atom stereocenters. The quantitative estimate of drug-likeness (QED) is 0.159. The van der Waals surface area contributed by atoms with Crippen LogP contribution in [0.3, 0.4) is 0 Å². The third kappa shape index (κ3) is 5.46. The van der Waals surface area contributed by atoms with Crippen LogP contribution in [0, 0.1) is 0 Å². The van der Waals surface area contributed by atoms with Gasteiger partial charge in [0.05, 0.1) is 38.8 Å². The van der Waals surface area contributed by atoms with E-state index in [9.17, 15) is 0 Å². The number of hydrogen-bond donors (Lipinski definition) is 0. The number of hydrogen-bond acceptors (Lipinski definition) is 0. The molecule has 0 radical (unpaired) electrons. The maximum absolute atomic E-state index is 2.49. The molecule has 0 aliphatic heterocycles. The minimum atomic E-state index is 1.12. The van der Waals surface area contributed by atoms with E-state index in [1.54, 1.807) is 0 Å². The third-order valence-corrected chi connectivity index (χ3v) is 13.0. The monoisotopic (exact) mass is 801 g/mol. The van der Waals surface area contributed by atoms with Crippen LogP contribution in [0.25, 0.3) is 116 Å². The Morgan fingerprint density at radius 2 is 0.683 bits per heavy atom. The van der Waals surface area contributed by atoms with E-state index >= 15 is 0 Å². The normalized spacial score (nSPS) is 11.8. The lowest BCUT2D eigenvalue weighted by Crippen LogP contribution is -1.98. The molecular weight excluding hydrogens is 763 g/mol. The first kappa shape index (κ1) is 35.4. The van der Waals surface area contributed by atoms with E-state index in [0.29, 0.717) is 0 Å². The summed E-state index contributed by atoms with van der Waals surface area (Å²) in [6.07, 6.45) is 0. The molecule has 3 nitrogen and oxygen atoms in total. The number of benzene rings is 10. The minimum absolute atomic E-state index is 1.12. The SMILES string of the molecule is c1ccc(-c2cc(-c3ccccc3-c3ccccc3)cc(-n3c4ccccc4c4c(-n5c6ccccc6c6cc(-n7c8ccccc8c8ccccc87)ccc65)cccc43)c2)cc1. The van der Waals surface area contributed by atoms with E-state index in [0.717, 1.165) is 22.6 Å². The largest absolute Gasteiger partial charge is 0.309 e. The highest BCUT2D eigenvalue weighted by molar-refractivity contribution is 6.17. The summed E-state index contributed by atoms with van der Waals surface area (Å²) in [5, 5.41) is 7.42. The van der Waals surface area contributed by atoms with E-state index in [1.165, 1.54) is 93.3 Å². The fourth-order valence-electron chi connectivity index (χ4n) is 10.3. The Morgan fingerprint density at radius 1 is 0.222 bits per heavy atom. The van der Waals surface area contributed by atoms with Crippen molar-refractivity contribution in [2.45, 2.75) is 0 Å². The molecule has 0 bridgehead atoms. The Kier molecular flexibility index (Phi) is 7.91. The molecule has 10 aromatic carbocycles. The van der Waals surface area contributed by atoms with Gasteiger partial charge >= 0.3 is 0 Å². The lowest BCUT2D eigenvalue weighted by atomic mass is 9.92. The second-order valence-corrected chi connectivity index (χ2v) is 16.5. The Labute approximate surface area is 364 Å².